The second-order valence-electron chi connectivity index (χ2n) is 4.46. The molecule has 0 aliphatic rings. The highest BCUT2D eigenvalue weighted by Gasteiger charge is 2.07. The first-order chi connectivity index (χ1) is 9.33. The van der Waals surface area contributed by atoms with Crippen molar-refractivity contribution in [2.45, 2.75) is 33.1 Å². The van der Waals surface area contributed by atoms with E-state index in [1.54, 1.807) is 6.20 Å². The third-order valence-corrected chi connectivity index (χ3v) is 2.74. The maximum atomic E-state index is 4.59. The minimum atomic E-state index is 0.699. The summed E-state index contributed by atoms with van der Waals surface area (Å²) in [6.07, 6.45) is 4.88. The number of anilines is 1. The second kappa shape index (κ2) is 6.83. The number of aromatic nitrogens is 3. The number of aryl methyl sites for hydroxylation is 1. The van der Waals surface area contributed by atoms with Crippen molar-refractivity contribution in [3.05, 3.63) is 36.2 Å². The molecule has 4 nitrogen and oxygen atoms in total. The van der Waals surface area contributed by atoms with Gasteiger partial charge in [-0.2, -0.15) is 0 Å². The second-order valence-corrected chi connectivity index (χ2v) is 4.46. The van der Waals surface area contributed by atoms with Gasteiger partial charge in [-0.3, -0.25) is 4.98 Å². The summed E-state index contributed by atoms with van der Waals surface area (Å²) < 4.78 is 0. The molecule has 0 radical (unpaired) electrons. The summed E-state index contributed by atoms with van der Waals surface area (Å²) in [4.78, 5) is 13.4. The molecule has 4 heteroatoms. The van der Waals surface area contributed by atoms with Crippen molar-refractivity contribution < 1.29 is 0 Å². The van der Waals surface area contributed by atoms with Crippen LogP contribution in [0.15, 0.2) is 30.5 Å². The van der Waals surface area contributed by atoms with Crippen LogP contribution < -0.4 is 5.32 Å². The van der Waals surface area contributed by atoms with Gasteiger partial charge in [-0.15, -0.1) is 0 Å². The van der Waals surface area contributed by atoms with Crippen LogP contribution in [0.3, 0.4) is 0 Å². The van der Waals surface area contributed by atoms with E-state index in [0.717, 1.165) is 43.0 Å². The predicted molar refractivity (Wildman–Crippen MR) is 78.0 cm³/mol. The average molecular weight is 256 g/mol. The molecule has 0 atom stereocenters. The molecule has 0 saturated heterocycles. The van der Waals surface area contributed by atoms with Crippen LogP contribution in [0, 0.1) is 0 Å². The highest BCUT2D eigenvalue weighted by molar-refractivity contribution is 5.52. The quantitative estimate of drug-likeness (QED) is 0.861. The van der Waals surface area contributed by atoms with Crippen molar-refractivity contribution in [1.29, 1.82) is 0 Å². The molecule has 0 unspecified atom stereocenters. The molecule has 0 spiro atoms. The summed E-state index contributed by atoms with van der Waals surface area (Å²) in [5.74, 6) is 1.59. The molecule has 2 aromatic rings. The summed E-state index contributed by atoms with van der Waals surface area (Å²) in [6, 6.07) is 7.83. The van der Waals surface area contributed by atoms with Crippen molar-refractivity contribution in [1.82, 2.24) is 15.0 Å². The van der Waals surface area contributed by atoms with Crippen LogP contribution in [0.2, 0.25) is 0 Å². The van der Waals surface area contributed by atoms with Crippen molar-refractivity contribution in [3.63, 3.8) is 0 Å². The Morgan fingerprint density at radius 1 is 1.11 bits per heavy atom. The van der Waals surface area contributed by atoms with Gasteiger partial charge in [0.05, 0.1) is 0 Å². The van der Waals surface area contributed by atoms with Crippen LogP contribution >= 0.6 is 0 Å². The highest BCUT2D eigenvalue weighted by atomic mass is 15.0. The van der Waals surface area contributed by atoms with Gasteiger partial charge in [-0.25, -0.2) is 9.97 Å². The van der Waals surface area contributed by atoms with Crippen LogP contribution in [0.5, 0.6) is 0 Å². The van der Waals surface area contributed by atoms with Crippen LogP contribution in [-0.4, -0.2) is 21.5 Å². The average Bonchev–Trinajstić information content (AvgIpc) is 2.46. The highest BCUT2D eigenvalue weighted by Crippen LogP contribution is 2.16. The van der Waals surface area contributed by atoms with Crippen molar-refractivity contribution in [2.75, 3.05) is 11.9 Å². The molecule has 0 bridgehead atoms. The molecule has 2 rings (SSSR count). The number of pyridine rings is 1. The van der Waals surface area contributed by atoms with E-state index in [9.17, 15) is 0 Å². The first-order valence-electron chi connectivity index (χ1n) is 6.86. The van der Waals surface area contributed by atoms with Crippen LogP contribution in [0.25, 0.3) is 11.5 Å². The van der Waals surface area contributed by atoms with Gasteiger partial charge in [0.25, 0.3) is 0 Å². The maximum absolute atomic E-state index is 4.59. The van der Waals surface area contributed by atoms with E-state index in [4.69, 9.17) is 0 Å². The molecule has 0 fully saturated rings. The fourth-order valence-corrected chi connectivity index (χ4v) is 1.83. The van der Waals surface area contributed by atoms with Crippen molar-refractivity contribution in [3.8, 4) is 11.5 Å². The molecule has 0 saturated carbocycles. The lowest BCUT2D eigenvalue weighted by Crippen LogP contribution is -2.06. The Bertz CT molecular complexity index is 511. The molecular formula is C15H20N4. The standard InChI is InChI=1S/C15H20N4/c1-3-7-12-11-14(17-9-4-2)19-15(18-12)13-8-5-6-10-16-13/h5-6,8,10-11H,3-4,7,9H2,1-2H3,(H,17,18,19). The van der Waals surface area contributed by atoms with Crippen LogP contribution in [0.4, 0.5) is 5.82 Å². The smallest absolute Gasteiger partial charge is 0.180 e. The van der Waals surface area contributed by atoms with E-state index in [1.165, 1.54) is 0 Å². The molecule has 0 aliphatic heterocycles. The van der Waals surface area contributed by atoms with Gasteiger partial charge >= 0.3 is 0 Å². The first kappa shape index (κ1) is 13.5. The summed E-state index contributed by atoms with van der Waals surface area (Å²) in [5.41, 5.74) is 1.89. The summed E-state index contributed by atoms with van der Waals surface area (Å²) in [5, 5.41) is 3.32. The zero-order valence-corrected chi connectivity index (χ0v) is 11.6. The number of rotatable bonds is 6. The van der Waals surface area contributed by atoms with Gasteiger partial charge in [-0.05, 0) is 25.0 Å². The Hall–Kier alpha value is -1.97. The minimum absolute atomic E-state index is 0.699. The Kier molecular flexibility index (Phi) is 4.84. The predicted octanol–water partition coefficient (Wildman–Crippen LogP) is 3.31. The molecule has 0 aromatic carbocycles. The zero-order valence-electron chi connectivity index (χ0n) is 11.6. The Balaban J connectivity index is 2.33. The van der Waals surface area contributed by atoms with Gasteiger partial charge in [0.15, 0.2) is 5.82 Å². The lowest BCUT2D eigenvalue weighted by molar-refractivity contribution is 0.871. The zero-order chi connectivity index (χ0) is 13.5. The lowest BCUT2D eigenvalue weighted by atomic mass is 10.2. The van der Waals surface area contributed by atoms with Crippen molar-refractivity contribution >= 4 is 5.82 Å². The van der Waals surface area contributed by atoms with E-state index in [1.807, 2.05) is 24.3 Å². The van der Waals surface area contributed by atoms with Crippen LogP contribution in [-0.2, 0) is 6.42 Å². The van der Waals surface area contributed by atoms with E-state index >= 15 is 0 Å². The van der Waals surface area contributed by atoms with E-state index in [-0.39, 0.29) is 0 Å². The summed E-state index contributed by atoms with van der Waals surface area (Å²) >= 11 is 0. The Morgan fingerprint density at radius 2 is 2.00 bits per heavy atom. The molecule has 0 aliphatic carbocycles. The summed E-state index contributed by atoms with van der Waals surface area (Å²) in [7, 11) is 0. The SMILES string of the molecule is CCCNc1cc(CCC)nc(-c2ccccn2)n1. The Morgan fingerprint density at radius 3 is 2.68 bits per heavy atom. The van der Waals surface area contributed by atoms with Gasteiger partial charge in [0.2, 0.25) is 0 Å². The van der Waals surface area contributed by atoms with Crippen molar-refractivity contribution in [2.24, 2.45) is 0 Å². The lowest BCUT2D eigenvalue weighted by Gasteiger charge is -2.08. The van der Waals surface area contributed by atoms with Crippen LogP contribution in [0.1, 0.15) is 32.4 Å². The molecule has 0 amide bonds. The number of hydrogen-bond donors (Lipinski definition) is 1. The third kappa shape index (κ3) is 3.74. The first-order valence-corrected chi connectivity index (χ1v) is 6.86. The minimum Gasteiger partial charge on any atom is -0.370 e. The Labute approximate surface area is 114 Å². The van der Waals surface area contributed by atoms with E-state index in [2.05, 4.69) is 34.1 Å². The fourth-order valence-electron chi connectivity index (χ4n) is 1.83. The maximum Gasteiger partial charge on any atom is 0.180 e. The topological polar surface area (TPSA) is 50.7 Å². The van der Waals surface area contributed by atoms with Gasteiger partial charge in [-0.1, -0.05) is 26.3 Å². The number of nitrogens with zero attached hydrogens (tertiary/aromatic N) is 3. The number of hydrogen-bond acceptors (Lipinski definition) is 4. The third-order valence-electron chi connectivity index (χ3n) is 2.74. The fraction of sp³-hybridized carbons (Fsp3) is 0.400. The normalized spacial score (nSPS) is 10.4. The summed E-state index contributed by atoms with van der Waals surface area (Å²) in [6.45, 7) is 5.22. The monoisotopic (exact) mass is 256 g/mol. The molecule has 100 valence electrons. The molecular weight excluding hydrogens is 236 g/mol. The number of nitrogens with one attached hydrogen (secondary N) is 1. The molecule has 2 aromatic heterocycles. The molecule has 2 heterocycles. The van der Waals surface area contributed by atoms with Gasteiger partial charge in [0.1, 0.15) is 11.5 Å². The van der Waals surface area contributed by atoms with E-state index < -0.39 is 0 Å². The largest absolute Gasteiger partial charge is 0.370 e. The molecule has 1 N–H and O–H groups in total. The van der Waals surface area contributed by atoms with E-state index in [0.29, 0.717) is 5.82 Å². The van der Waals surface area contributed by atoms with Gasteiger partial charge < -0.3 is 5.32 Å². The van der Waals surface area contributed by atoms with Gasteiger partial charge in [0, 0.05) is 24.5 Å². The molecule has 19 heavy (non-hydrogen) atoms.